The molecule has 0 aromatic heterocycles. The van der Waals surface area contributed by atoms with Crippen LogP contribution in [0.25, 0.3) is 0 Å². The largest absolute Gasteiger partial charge is 0.359 e. The number of rotatable bonds is 2. The van der Waals surface area contributed by atoms with Crippen molar-refractivity contribution in [3.63, 3.8) is 0 Å². The van der Waals surface area contributed by atoms with E-state index >= 15 is 0 Å². The average molecular weight is 257 g/mol. The quantitative estimate of drug-likeness (QED) is 0.846. The van der Waals surface area contributed by atoms with E-state index < -0.39 is 0 Å². The molecule has 0 spiro atoms. The van der Waals surface area contributed by atoms with Gasteiger partial charge in [-0.15, -0.1) is 0 Å². The lowest BCUT2D eigenvalue weighted by Gasteiger charge is -2.34. The van der Waals surface area contributed by atoms with Crippen LogP contribution in [-0.2, 0) is 6.54 Å². The highest BCUT2D eigenvalue weighted by Gasteiger charge is 2.21. The fourth-order valence-electron chi connectivity index (χ4n) is 3.09. The van der Waals surface area contributed by atoms with Gasteiger partial charge >= 0.3 is 0 Å². The third-order valence-electron chi connectivity index (χ3n) is 4.40. The molecule has 0 radical (unpaired) electrons. The molecule has 3 rings (SSSR count). The van der Waals surface area contributed by atoms with Gasteiger partial charge in [0.15, 0.2) is 0 Å². The third-order valence-corrected chi connectivity index (χ3v) is 4.40. The summed E-state index contributed by atoms with van der Waals surface area (Å²) in [6.07, 6.45) is 7.98. The van der Waals surface area contributed by atoms with Crippen molar-refractivity contribution in [2.24, 2.45) is 0 Å². The van der Waals surface area contributed by atoms with E-state index in [2.05, 4.69) is 41.5 Å². The molecule has 19 heavy (non-hydrogen) atoms. The van der Waals surface area contributed by atoms with E-state index in [1.165, 1.54) is 48.3 Å². The molecular formula is C16H23N3. The molecule has 2 heterocycles. The zero-order chi connectivity index (χ0) is 13.2. The van der Waals surface area contributed by atoms with Gasteiger partial charge in [-0.05, 0) is 50.4 Å². The van der Waals surface area contributed by atoms with Crippen LogP contribution in [0.1, 0.15) is 37.3 Å². The third kappa shape index (κ3) is 2.47. The van der Waals surface area contributed by atoms with Crippen LogP contribution in [0.4, 0.5) is 11.4 Å². The molecule has 1 unspecified atom stereocenters. The molecule has 1 atom stereocenters. The van der Waals surface area contributed by atoms with Gasteiger partial charge in [-0.1, -0.05) is 12.5 Å². The Kier molecular flexibility index (Phi) is 3.47. The minimum atomic E-state index is 0.705. The maximum absolute atomic E-state index is 3.41. The molecule has 1 fully saturated rings. The van der Waals surface area contributed by atoms with Gasteiger partial charge in [0, 0.05) is 25.0 Å². The van der Waals surface area contributed by atoms with E-state index in [0.29, 0.717) is 6.04 Å². The summed E-state index contributed by atoms with van der Waals surface area (Å²) in [7, 11) is 0. The Morgan fingerprint density at radius 3 is 2.89 bits per heavy atom. The van der Waals surface area contributed by atoms with E-state index in [0.717, 1.165) is 6.54 Å². The van der Waals surface area contributed by atoms with Crippen LogP contribution in [0.2, 0.25) is 0 Å². The van der Waals surface area contributed by atoms with Crippen molar-refractivity contribution in [3.05, 3.63) is 35.7 Å². The lowest BCUT2D eigenvalue weighted by Crippen LogP contribution is -2.37. The van der Waals surface area contributed by atoms with Gasteiger partial charge in [-0.25, -0.2) is 0 Å². The smallest absolute Gasteiger partial charge is 0.0667 e. The molecule has 0 amide bonds. The lowest BCUT2D eigenvalue weighted by atomic mass is 9.99. The Labute approximate surface area is 115 Å². The normalized spacial score (nSPS) is 22.5. The van der Waals surface area contributed by atoms with Crippen LogP contribution in [0.5, 0.6) is 0 Å². The monoisotopic (exact) mass is 257 g/mol. The second-order valence-electron chi connectivity index (χ2n) is 5.72. The van der Waals surface area contributed by atoms with Crippen molar-refractivity contribution in [1.29, 1.82) is 0 Å². The van der Waals surface area contributed by atoms with Crippen molar-refractivity contribution in [2.75, 3.05) is 17.2 Å². The number of piperidine rings is 1. The van der Waals surface area contributed by atoms with Gasteiger partial charge in [0.1, 0.15) is 0 Å². The Bertz CT molecular complexity index is 493. The average Bonchev–Trinajstić information content (AvgIpc) is 2.44. The van der Waals surface area contributed by atoms with E-state index in [-0.39, 0.29) is 0 Å². The summed E-state index contributed by atoms with van der Waals surface area (Å²) >= 11 is 0. The SMILES string of the molecule is Cc1ccc2c(c1CN1CCCCC1C)NC=CN2. The second kappa shape index (κ2) is 5.25. The summed E-state index contributed by atoms with van der Waals surface area (Å²) < 4.78 is 0. The van der Waals surface area contributed by atoms with Crippen LogP contribution in [-0.4, -0.2) is 17.5 Å². The van der Waals surface area contributed by atoms with Crippen molar-refractivity contribution >= 4 is 11.4 Å². The summed E-state index contributed by atoms with van der Waals surface area (Å²) in [4.78, 5) is 2.62. The Hall–Kier alpha value is -1.48. The molecule has 1 aromatic rings. The van der Waals surface area contributed by atoms with Crippen LogP contribution in [0.3, 0.4) is 0 Å². The highest BCUT2D eigenvalue weighted by atomic mass is 15.2. The van der Waals surface area contributed by atoms with Gasteiger partial charge in [0.25, 0.3) is 0 Å². The number of fused-ring (bicyclic) bond motifs is 1. The molecule has 1 aromatic carbocycles. The molecule has 0 bridgehead atoms. The van der Waals surface area contributed by atoms with Crippen LogP contribution >= 0.6 is 0 Å². The van der Waals surface area contributed by atoms with Crippen LogP contribution < -0.4 is 10.6 Å². The van der Waals surface area contributed by atoms with Gasteiger partial charge in [-0.3, -0.25) is 4.90 Å². The fraction of sp³-hybridized carbons (Fsp3) is 0.500. The molecular weight excluding hydrogens is 234 g/mol. The lowest BCUT2D eigenvalue weighted by molar-refractivity contribution is 0.152. The van der Waals surface area contributed by atoms with Gasteiger partial charge < -0.3 is 10.6 Å². The summed E-state index contributed by atoms with van der Waals surface area (Å²) in [5, 5.41) is 6.72. The van der Waals surface area contributed by atoms with E-state index in [9.17, 15) is 0 Å². The zero-order valence-corrected chi connectivity index (χ0v) is 11.9. The number of nitrogens with one attached hydrogen (secondary N) is 2. The van der Waals surface area contributed by atoms with E-state index in [1.807, 2.05) is 12.4 Å². The minimum Gasteiger partial charge on any atom is -0.359 e. The first-order valence-electron chi connectivity index (χ1n) is 7.30. The minimum absolute atomic E-state index is 0.705. The van der Waals surface area contributed by atoms with Crippen molar-refractivity contribution in [2.45, 2.75) is 45.7 Å². The Morgan fingerprint density at radius 2 is 2.05 bits per heavy atom. The number of anilines is 2. The number of aryl methyl sites for hydroxylation is 1. The number of hydrogen-bond donors (Lipinski definition) is 2. The first-order valence-corrected chi connectivity index (χ1v) is 7.30. The summed E-state index contributed by atoms with van der Waals surface area (Å²) in [5.41, 5.74) is 5.25. The summed E-state index contributed by atoms with van der Waals surface area (Å²) in [6.45, 7) is 6.85. The van der Waals surface area contributed by atoms with Crippen molar-refractivity contribution in [3.8, 4) is 0 Å². The molecule has 2 aliphatic heterocycles. The Morgan fingerprint density at radius 1 is 1.21 bits per heavy atom. The Balaban J connectivity index is 1.88. The van der Waals surface area contributed by atoms with Gasteiger partial charge in [0.05, 0.1) is 11.4 Å². The number of benzene rings is 1. The first-order chi connectivity index (χ1) is 9.25. The molecule has 1 saturated heterocycles. The van der Waals surface area contributed by atoms with Crippen LogP contribution in [0, 0.1) is 6.92 Å². The highest BCUT2D eigenvalue weighted by Crippen LogP contribution is 2.33. The molecule has 2 aliphatic rings. The van der Waals surface area contributed by atoms with Crippen molar-refractivity contribution < 1.29 is 0 Å². The van der Waals surface area contributed by atoms with E-state index in [1.54, 1.807) is 0 Å². The number of likely N-dealkylation sites (tertiary alicyclic amines) is 1. The maximum Gasteiger partial charge on any atom is 0.0667 e. The summed E-state index contributed by atoms with van der Waals surface area (Å²) in [5.74, 6) is 0. The van der Waals surface area contributed by atoms with Gasteiger partial charge in [-0.2, -0.15) is 0 Å². The maximum atomic E-state index is 3.41. The van der Waals surface area contributed by atoms with Gasteiger partial charge in [0.2, 0.25) is 0 Å². The van der Waals surface area contributed by atoms with E-state index in [4.69, 9.17) is 0 Å². The summed E-state index contributed by atoms with van der Waals surface area (Å²) in [6, 6.07) is 5.08. The number of nitrogens with zero attached hydrogens (tertiary/aromatic N) is 1. The molecule has 102 valence electrons. The first kappa shape index (κ1) is 12.5. The molecule has 0 aliphatic carbocycles. The predicted molar refractivity (Wildman–Crippen MR) is 81.3 cm³/mol. The molecule has 3 nitrogen and oxygen atoms in total. The van der Waals surface area contributed by atoms with Crippen molar-refractivity contribution in [1.82, 2.24) is 4.90 Å². The fourth-order valence-corrected chi connectivity index (χ4v) is 3.09. The number of hydrogen-bond acceptors (Lipinski definition) is 3. The predicted octanol–water partition coefficient (Wildman–Crippen LogP) is 3.68. The second-order valence-corrected chi connectivity index (χ2v) is 5.72. The molecule has 2 N–H and O–H groups in total. The highest BCUT2D eigenvalue weighted by molar-refractivity contribution is 5.77. The molecule has 3 heteroatoms. The topological polar surface area (TPSA) is 27.3 Å². The molecule has 0 saturated carbocycles. The zero-order valence-electron chi connectivity index (χ0n) is 11.9. The van der Waals surface area contributed by atoms with Crippen LogP contribution in [0.15, 0.2) is 24.5 Å². The standard InChI is InChI=1S/C16H23N3/c1-12-6-7-15-16(18-9-8-17-15)14(12)11-19-10-4-3-5-13(19)2/h6-9,13,17-18H,3-5,10-11H2,1-2H3.